The van der Waals surface area contributed by atoms with Crippen LogP contribution in [0.15, 0.2) is 47.4 Å². The van der Waals surface area contributed by atoms with Gasteiger partial charge in [0, 0.05) is 22.0 Å². The standard InChI is InChI=1S/C16H15N3OS/c1-10-8-15(17)19-16(18-10)9-21-14-7-6-13(20)11-4-2-3-5-12(11)14/h2-8,20H,9H2,1H3,(H2,17,18,19). The fourth-order valence-electron chi connectivity index (χ4n) is 2.24. The number of anilines is 1. The van der Waals surface area contributed by atoms with Gasteiger partial charge in [0.15, 0.2) is 0 Å². The molecule has 0 saturated heterocycles. The number of nitrogens with zero attached hydrogens (tertiary/aromatic N) is 2. The van der Waals surface area contributed by atoms with Gasteiger partial charge in [-0.3, -0.25) is 0 Å². The molecular formula is C16H15N3OS. The SMILES string of the molecule is Cc1cc(N)nc(CSc2ccc(O)c3ccccc23)n1. The number of phenolic OH excluding ortho intramolecular Hbond substituents is 1. The highest BCUT2D eigenvalue weighted by Gasteiger charge is 2.07. The highest BCUT2D eigenvalue weighted by Crippen LogP contribution is 2.34. The van der Waals surface area contributed by atoms with Gasteiger partial charge in [0.2, 0.25) is 0 Å². The Labute approximate surface area is 127 Å². The summed E-state index contributed by atoms with van der Waals surface area (Å²) in [5.74, 6) is 2.15. The van der Waals surface area contributed by atoms with E-state index in [2.05, 4.69) is 9.97 Å². The van der Waals surface area contributed by atoms with E-state index >= 15 is 0 Å². The first kappa shape index (κ1) is 13.7. The summed E-state index contributed by atoms with van der Waals surface area (Å²) in [4.78, 5) is 9.72. The largest absolute Gasteiger partial charge is 0.507 e. The lowest BCUT2D eigenvalue weighted by molar-refractivity contribution is 0.481. The summed E-state index contributed by atoms with van der Waals surface area (Å²) in [7, 11) is 0. The van der Waals surface area contributed by atoms with Crippen LogP contribution in [0.2, 0.25) is 0 Å². The van der Waals surface area contributed by atoms with Gasteiger partial charge in [0.05, 0.1) is 5.75 Å². The third-order valence-corrected chi connectivity index (χ3v) is 4.21. The number of rotatable bonds is 3. The molecule has 0 bridgehead atoms. The normalized spacial score (nSPS) is 10.9. The van der Waals surface area contributed by atoms with Gasteiger partial charge in [0.25, 0.3) is 0 Å². The first-order valence-electron chi connectivity index (χ1n) is 6.57. The molecule has 2 aromatic carbocycles. The maximum atomic E-state index is 9.90. The van der Waals surface area contributed by atoms with Crippen LogP contribution < -0.4 is 5.73 Å². The van der Waals surface area contributed by atoms with E-state index in [1.54, 1.807) is 23.9 Å². The van der Waals surface area contributed by atoms with E-state index in [9.17, 15) is 5.11 Å². The maximum Gasteiger partial charge on any atom is 0.141 e. The van der Waals surface area contributed by atoms with Crippen molar-refractivity contribution in [2.45, 2.75) is 17.6 Å². The lowest BCUT2D eigenvalue weighted by Gasteiger charge is -2.08. The second-order valence-electron chi connectivity index (χ2n) is 4.77. The zero-order valence-electron chi connectivity index (χ0n) is 11.6. The lowest BCUT2D eigenvalue weighted by Crippen LogP contribution is -1.99. The summed E-state index contributed by atoms with van der Waals surface area (Å²) in [5, 5.41) is 11.8. The topological polar surface area (TPSA) is 72.0 Å². The molecule has 106 valence electrons. The number of nitrogens with two attached hydrogens (primary N) is 1. The average Bonchev–Trinajstić information content (AvgIpc) is 2.46. The van der Waals surface area contributed by atoms with Crippen LogP contribution in [-0.2, 0) is 5.75 Å². The van der Waals surface area contributed by atoms with Crippen molar-refractivity contribution in [2.75, 3.05) is 5.73 Å². The molecule has 0 spiro atoms. The molecule has 0 aliphatic rings. The number of aryl methyl sites for hydroxylation is 1. The van der Waals surface area contributed by atoms with Crippen LogP contribution in [0.5, 0.6) is 5.75 Å². The minimum atomic E-state index is 0.297. The van der Waals surface area contributed by atoms with Crippen molar-refractivity contribution < 1.29 is 5.11 Å². The number of hydrogen-bond acceptors (Lipinski definition) is 5. The van der Waals surface area contributed by atoms with Crippen molar-refractivity contribution in [3.05, 3.63) is 54.0 Å². The molecule has 0 aliphatic heterocycles. The average molecular weight is 297 g/mol. The van der Waals surface area contributed by atoms with Crippen LogP contribution in [0.25, 0.3) is 10.8 Å². The van der Waals surface area contributed by atoms with Gasteiger partial charge in [-0.2, -0.15) is 0 Å². The zero-order chi connectivity index (χ0) is 14.8. The van der Waals surface area contributed by atoms with Crippen LogP contribution in [-0.4, -0.2) is 15.1 Å². The fourth-order valence-corrected chi connectivity index (χ4v) is 3.16. The molecule has 0 aliphatic carbocycles. The predicted octanol–water partition coefficient (Wildman–Crippen LogP) is 3.52. The zero-order valence-corrected chi connectivity index (χ0v) is 12.4. The van der Waals surface area contributed by atoms with E-state index in [4.69, 9.17) is 5.73 Å². The maximum absolute atomic E-state index is 9.90. The van der Waals surface area contributed by atoms with Crippen molar-refractivity contribution in [3.8, 4) is 5.75 Å². The highest BCUT2D eigenvalue weighted by molar-refractivity contribution is 7.98. The van der Waals surface area contributed by atoms with Gasteiger partial charge in [-0.15, -0.1) is 11.8 Å². The van der Waals surface area contributed by atoms with Gasteiger partial charge < -0.3 is 10.8 Å². The van der Waals surface area contributed by atoms with Crippen molar-refractivity contribution >= 4 is 28.4 Å². The highest BCUT2D eigenvalue weighted by atomic mass is 32.2. The van der Waals surface area contributed by atoms with Crippen molar-refractivity contribution in [2.24, 2.45) is 0 Å². The van der Waals surface area contributed by atoms with Crippen LogP contribution in [0.4, 0.5) is 5.82 Å². The molecule has 0 fully saturated rings. The Morgan fingerprint density at radius 2 is 1.86 bits per heavy atom. The molecule has 21 heavy (non-hydrogen) atoms. The Hall–Kier alpha value is -2.27. The monoisotopic (exact) mass is 297 g/mol. The van der Waals surface area contributed by atoms with Gasteiger partial charge in [-0.1, -0.05) is 24.3 Å². The Bertz CT molecular complexity index is 784. The molecule has 0 amide bonds. The van der Waals surface area contributed by atoms with Crippen molar-refractivity contribution in [3.63, 3.8) is 0 Å². The number of thioether (sulfide) groups is 1. The molecule has 1 heterocycles. The number of benzene rings is 2. The summed E-state index contributed by atoms with van der Waals surface area (Å²) in [6.07, 6.45) is 0. The third-order valence-electron chi connectivity index (χ3n) is 3.14. The van der Waals surface area contributed by atoms with Crippen LogP contribution in [0.1, 0.15) is 11.5 Å². The second-order valence-corrected chi connectivity index (χ2v) is 5.78. The van der Waals surface area contributed by atoms with E-state index in [-0.39, 0.29) is 0 Å². The van der Waals surface area contributed by atoms with E-state index in [0.29, 0.717) is 17.3 Å². The molecule has 0 radical (unpaired) electrons. The van der Waals surface area contributed by atoms with Gasteiger partial charge in [0.1, 0.15) is 17.4 Å². The van der Waals surface area contributed by atoms with E-state index in [1.165, 1.54) is 0 Å². The van der Waals surface area contributed by atoms with Gasteiger partial charge >= 0.3 is 0 Å². The minimum Gasteiger partial charge on any atom is -0.507 e. The third kappa shape index (κ3) is 2.92. The summed E-state index contributed by atoms with van der Waals surface area (Å²) < 4.78 is 0. The first-order valence-corrected chi connectivity index (χ1v) is 7.55. The number of aromatic nitrogens is 2. The van der Waals surface area contributed by atoms with Crippen LogP contribution in [0.3, 0.4) is 0 Å². The molecule has 3 N–H and O–H groups in total. The number of nitrogen functional groups attached to an aromatic ring is 1. The molecule has 4 nitrogen and oxygen atoms in total. The molecule has 1 aromatic heterocycles. The Balaban J connectivity index is 1.90. The Morgan fingerprint density at radius 3 is 2.62 bits per heavy atom. The van der Waals surface area contributed by atoms with Crippen LogP contribution >= 0.6 is 11.8 Å². The quantitative estimate of drug-likeness (QED) is 0.724. The smallest absolute Gasteiger partial charge is 0.141 e. The van der Waals surface area contributed by atoms with Crippen LogP contribution in [0, 0.1) is 6.92 Å². The molecule has 0 unspecified atom stereocenters. The molecule has 3 aromatic rings. The van der Waals surface area contributed by atoms with E-state index in [1.807, 2.05) is 37.3 Å². The number of fused-ring (bicyclic) bond motifs is 1. The second kappa shape index (κ2) is 5.61. The Kier molecular flexibility index (Phi) is 3.66. The van der Waals surface area contributed by atoms with E-state index < -0.39 is 0 Å². The molecule has 0 saturated carbocycles. The fraction of sp³-hybridized carbons (Fsp3) is 0.125. The van der Waals surface area contributed by atoms with Crippen molar-refractivity contribution in [1.82, 2.24) is 9.97 Å². The molecule has 5 heteroatoms. The lowest BCUT2D eigenvalue weighted by atomic mass is 10.1. The number of aromatic hydroxyl groups is 1. The number of phenols is 1. The summed E-state index contributed by atoms with van der Waals surface area (Å²) in [6.45, 7) is 1.90. The predicted molar refractivity (Wildman–Crippen MR) is 86.4 cm³/mol. The summed E-state index contributed by atoms with van der Waals surface area (Å²) >= 11 is 1.64. The van der Waals surface area contributed by atoms with E-state index in [0.717, 1.165) is 27.2 Å². The number of hydrogen-bond donors (Lipinski definition) is 2. The first-order chi connectivity index (χ1) is 10.1. The molecular weight excluding hydrogens is 282 g/mol. The van der Waals surface area contributed by atoms with Gasteiger partial charge in [-0.05, 0) is 24.4 Å². The minimum absolute atomic E-state index is 0.297. The molecule has 0 atom stereocenters. The Morgan fingerprint density at radius 1 is 1.10 bits per heavy atom. The molecule has 3 rings (SSSR count). The summed E-state index contributed by atoms with van der Waals surface area (Å²) in [5.41, 5.74) is 6.61. The summed E-state index contributed by atoms with van der Waals surface area (Å²) in [6, 6.07) is 13.2. The van der Waals surface area contributed by atoms with Crippen molar-refractivity contribution in [1.29, 1.82) is 0 Å². The van der Waals surface area contributed by atoms with Gasteiger partial charge in [-0.25, -0.2) is 9.97 Å².